The molecule has 5 rings (SSSR count). The van der Waals surface area contributed by atoms with Crippen LogP contribution in [0.25, 0.3) is 16.9 Å². The van der Waals surface area contributed by atoms with Crippen LogP contribution in [-0.4, -0.2) is 24.6 Å². The number of nitrogens with one attached hydrogen (secondary N) is 2. The Morgan fingerprint density at radius 1 is 1.21 bits per heavy atom. The molecule has 1 aliphatic carbocycles. The first kappa shape index (κ1) is 16.9. The molecule has 2 atom stereocenters. The van der Waals surface area contributed by atoms with Gasteiger partial charge in [-0.25, -0.2) is 18.7 Å². The second-order valence-corrected chi connectivity index (χ2v) is 7.20. The van der Waals surface area contributed by atoms with E-state index < -0.39 is 17.1 Å². The molecule has 1 aromatic carbocycles. The van der Waals surface area contributed by atoms with Gasteiger partial charge in [0.05, 0.1) is 16.3 Å². The number of H-pyrrole nitrogens is 2. The molecule has 0 amide bonds. The van der Waals surface area contributed by atoms with E-state index in [0.717, 1.165) is 17.5 Å². The molecule has 4 aromatic rings. The fourth-order valence-corrected chi connectivity index (χ4v) is 3.78. The molecule has 2 N–H and O–H groups in total. The highest BCUT2D eigenvalue weighted by Crippen LogP contribution is 2.55. The fraction of sp³-hybridized carbons (Fsp3) is 0.158. The molecule has 140 valence electrons. The molecule has 1 unspecified atom stereocenters. The van der Waals surface area contributed by atoms with Crippen molar-refractivity contribution < 1.29 is 4.39 Å². The van der Waals surface area contributed by atoms with Crippen molar-refractivity contribution in [2.24, 2.45) is 0 Å². The molecule has 0 spiro atoms. The van der Waals surface area contributed by atoms with Gasteiger partial charge in [-0.05, 0) is 42.0 Å². The summed E-state index contributed by atoms with van der Waals surface area (Å²) in [6, 6.07) is 6.58. The first-order valence-electron chi connectivity index (χ1n) is 8.63. The average molecular weight is 398 g/mol. The van der Waals surface area contributed by atoms with E-state index in [2.05, 4.69) is 20.1 Å². The van der Waals surface area contributed by atoms with Crippen molar-refractivity contribution in [3.05, 3.63) is 85.7 Å². The zero-order valence-electron chi connectivity index (χ0n) is 14.3. The van der Waals surface area contributed by atoms with Gasteiger partial charge in [-0.1, -0.05) is 17.7 Å². The second kappa shape index (κ2) is 6.13. The SMILES string of the molecule is O=c1[nH]cc(-c2cc([C@H]3CC3c3ccc(F)c(Cl)c3)c3nccn3n2)c(=O)[nH]1. The molecule has 3 aromatic heterocycles. The summed E-state index contributed by atoms with van der Waals surface area (Å²) in [4.78, 5) is 32.5. The van der Waals surface area contributed by atoms with E-state index in [9.17, 15) is 14.0 Å². The van der Waals surface area contributed by atoms with Crippen LogP contribution in [0.4, 0.5) is 4.39 Å². The van der Waals surface area contributed by atoms with Gasteiger partial charge in [0, 0.05) is 24.2 Å². The van der Waals surface area contributed by atoms with Gasteiger partial charge < -0.3 is 4.98 Å². The summed E-state index contributed by atoms with van der Waals surface area (Å²) in [5, 5.41) is 4.53. The molecule has 1 saturated carbocycles. The van der Waals surface area contributed by atoms with Gasteiger partial charge in [0.15, 0.2) is 5.65 Å². The van der Waals surface area contributed by atoms with Gasteiger partial charge in [0.25, 0.3) is 5.56 Å². The van der Waals surface area contributed by atoms with Crippen molar-refractivity contribution in [2.45, 2.75) is 18.3 Å². The third-order valence-corrected chi connectivity index (χ3v) is 5.33. The van der Waals surface area contributed by atoms with Crippen LogP contribution in [0.1, 0.15) is 29.4 Å². The molecule has 1 fully saturated rings. The maximum Gasteiger partial charge on any atom is 0.325 e. The fourth-order valence-electron chi connectivity index (χ4n) is 3.60. The van der Waals surface area contributed by atoms with E-state index in [4.69, 9.17) is 11.6 Å². The van der Waals surface area contributed by atoms with E-state index in [1.807, 2.05) is 6.07 Å². The number of halogens is 2. The summed E-state index contributed by atoms with van der Waals surface area (Å²) >= 11 is 5.92. The number of fused-ring (bicyclic) bond motifs is 1. The maximum absolute atomic E-state index is 13.5. The van der Waals surface area contributed by atoms with Crippen molar-refractivity contribution >= 4 is 17.2 Å². The topological polar surface area (TPSA) is 95.9 Å². The van der Waals surface area contributed by atoms with Crippen molar-refractivity contribution in [1.29, 1.82) is 0 Å². The smallest absolute Gasteiger partial charge is 0.313 e. The third-order valence-electron chi connectivity index (χ3n) is 5.04. The van der Waals surface area contributed by atoms with Crippen molar-refractivity contribution in [1.82, 2.24) is 24.6 Å². The molecule has 7 nitrogen and oxygen atoms in total. The summed E-state index contributed by atoms with van der Waals surface area (Å²) in [6.45, 7) is 0. The van der Waals surface area contributed by atoms with Crippen LogP contribution >= 0.6 is 11.6 Å². The lowest BCUT2D eigenvalue weighted by Gasteiger charge is -2.07. The van der Waals surface area contributed by atoms with Gasteiger partial charge in [-0.2, -0.15) is 5.10 Å². The lowest BCUT2D eigenvalue weighted by molar-refractivity contribution is 0.627. The lowest BCUT2D eigenvalue weighted by Crippen LogP contribution is -2.23. The molecule has 3 heterocycles. The van der Waals surface area contributed by atoms with Gasteiger partial charge >= 0.3 is 5.69 Å². The van der Waals surface area contributed by atoms with Crippen LogP contribution < -0.4 is 11.2 Å². The number of rotatable bonds is 3. The number of aromatic amines is 2. The van der Waals surface area contributed by atoms with E-state index >= 15 is 0 Å². The molecule has 0 aliphatic heterocycles. The summed E-state index contributed by atoms with van der Waals surface area (Å²) in [6.07, 6.45) is 5.54. The monoisotopic (exact) mass is 397 g/mol. The highest BCUT2D eigenvalue weighted by atomic mass is 35.5. The van der Waals surface area contributed by atoms with Gasteiger partial charge in [-0.15, -0.1) is 0 Å². The molecule has 9 heteroatoms. The Labute approximate surface area is 161 Å². The number of nitrogens with zero attached hydrogens (tertiary/aromatic N) is 3. The minimum atomic E-state index is -0.576. The second-order valence-electron chi connectivity index (χ2n) is 6.79. The average Bonchev–Trinajstić information content (AvgIpc) is 3.31. The molecule has 0 bridgehead atoms. The van der Waals surface area contributed by atoms with Gasteiger partial charge in [0.1, 0.15) is 5.82 Å². The highest BCUT2D eigenvalue weighted by molar-refractivity contribution is 6.30. The zero-order chi connectivity index (χ0) is 19.4. The predicted molar refractivity (Wildman–Crippen MR) is 101 cm³/mol. The summed E-state index contributed by atoms with van der Waals surface area (Å²) in [5.41, 5.74) is 2.20. The number of hydrogen-bond donors (Lipinski definition) is 2. The Kier molecular flexibility index (Phi) is 3.70. The summed E-state index contributed by atoms with van der Waals surface area (Å²) < 4.78 is 15.1. The van der Waals surface area contributed by atoms with Crippen molar-refractivity contribution in [3.63, 3.8) is 0 Å². The Hall–Kier alpha value is -3.26. The third kappa shape index (κ3) is 2.73. The van der Waals surface area contributed by atoms with Crippen LogP contribution in [0.5, 0.6) is 0 Å². The van der Waals surface area contributed by atoms with Crippen LogP contribution in [0.3, 0.4) is 0 Å². The van der Waals surface area contributed by atoms with Crippen LogP contribution in [0, 0.1) is 5.82 Å². The van der Waals surface area contributed by atoms with Gasteiger partial charge in [-0.3, -0.25) is 9.78 Å². The van der Waals surface area contributed by atoms with E-state index in [1.54, 1.807) is 29.0 Å². The summed E-state index contributed by atoms with van der Waals surface area (Å²) in [5.74, 6) is -0.112. The Balaban J connectivity index is 1.60. The number of hydrogen-bond acceptors (Lipinski definition) is 4. The first-order chi connectivity index (χ1) is 13.5. The Morgan fingerprint density at radius 3 is 2.86 bits per heavy atom. The number of imidazole rings is 1. The van der Waals surface area contributed by atoms with Crippen LogP contribution in [0.15, 0.2) is 52.4 Å². The first-order valence-corrected chi connectivity index (χ1v) is 9.00. The molecular weight excluding hydrogens is 385 g/mol. The minimum absolute atomic E-state index is 0.101. The van der Waals surface area contributed by atoms with Crippen molar-refractivity contribution in [2.75, 3.05) is 0 Å². The molecular formula is C19H13ClFN5O2. The maximum atomic E-state index is 13.5. The van der Waals surface area contributed by atoms with Crippen molar-refractivity contribution in [3.8, 4) is 11.3 Å². The zero-order valence-corrected chi connectivity index (χ0v) is 15.1. The highest BCUT2D eigenvalue weighted by Gasteiger charge is 2.41. The normalized spacial score (nSPS) is 18.5. The number of benzene rings is 1. The minimum Gasteiger partial charge on any atom is -0.313 e. The lowest BCUT2D eigenvalue weighted by atomic mass is 10.0. The van der Waals surface area contributed by atoms with E-state index in [1.165, 1.54) is 12.3 Å². The molecule has 28 heavy (non-hydrogen) atoms. The quantitative estimate of drug-likeness (QED) is 0.555. The predicted octanol–water partition coefficient (Wildman–Crippen LogP) is 2.84. The summed E-state index contributed by atoms with van der Waals surface area (Å²) in [7, 11) is 0. The number of aromatic nitrogens is 5. The largest absolute Gasteiger partial charge is 0.325 e. The van der Waals surface area contributed by atoms with Crippen LogP contribution in [0.2, 0.25) is 5.02 Å². The standard InChI is InChI=1S/C19H13ClFN5O2/c20-14-5-9(1-2-15(14)21)10-6-11(10)12-7-16(25-26-4-3-22-17(12)26)13-8-23-19(28)24-18(13)27/h1-5,7-8,10-11H,6H2,(H2,23,24,27,28)/t10?,11-/m0/s1. The van der Waals surface area contributed by atoms with Crippen LogP contribution in [-0.2, 0) is 0 Å². The van der Waals surface area contributed by atoms with E-state index in [-0.39, 0.29) is 22.4 Å². The van der Waals surface area contributed by atoms with E-state index in [0.29, 0.717) is 11.3 Å². The molecule has 0 saturated heterocycles. The Bertz CT molecular complexity index is 1340. The Morgan fingerprint density at radius 2 is 2.07 bits per heavy atom. The molecule has 1 aliphatic rings. The van der Waals surface area contributed by atoms with Gasteiger partial charge in [0.2, 0.25) is 0 Å². The molecule has 0 radical (unpaired) electrons.